The average molecular weight is 309 g/mol. The highest BCUT2D eigenvalue weighted by Gasteiger charge is 2.21. The topological polar surface area (TPSA) is 68.2 Å². The van der Waals surface area contributed by atoms with Gasteiger partial charge in [-0.1, -0.05) is 6.07 Å². The van der Waals surface area contributed by atoms with Gasteiger partial charge in [0.1, 0.15) is 6.04 Å². The van der Waals surface area contributed by atoms with Crippen molar-refractivity contribution < 1.29 is 9.53 Å². The summed E-state index contributed by atoms with van der Waals surface area (Å²) in [5, 5.41) is 10.2. The smallest absolute Gasteiger partial charge is 0.243 e. The molecule has 1 aliphatic heterocycles. The Hall–Kier alpha value is -1.89. The summed E-state index contributed by atoms with van der Waals surface area (Å²) in [6.45, 7) is 1.76. The van der Waals surface area contributed by atoms with E-state index in [-0.39, 0.29) is 24.4 Å². The average Bonchev–Trinajstić information content (AvgIpc) is 3.03. The number of hydrogen-bond donors (Lipinski definition) is 2. The first-order valence-electron chi connectivity index (χ1n) is 6.55. The molecule has 7 heteroatoms. The van der Waals surface area contributed by atoms with Gasteiger partial charge in [-0.3, -0.25) is 4.79 Å². The molecule has 0 saturated carbocycles. The highest BCUT2D eigenvalue weighted by atomic mass is 35.5. The van der Waals surface area contributed by atoms with Crippen molar-refractivity contribution in [1.82, 2.24) is 15.1 Å². The summed E-state index contributed by atoms with van der Waals surface area (Å²) >= 11 is 0. The van der Waals surface area contributed by atoms with E-state index in [4.69, 9.17) is 4.74 Å². The Morgan fingerprint density at radius 3 is 3.05 bits per heavy atom. The monoisotopic (exact) mass is 308 g/mol. The molecule has 2 N–H and O–H groups in total. The third-order valence-corrected chi connectivity index (χ3v) is 3.12. The molecule has 6 nitrogen and oxygen atoms in total. The number of anilines is 1. The van der Waals surface area contributed by atoms with Crippen molar-refractivity contribution in [2.75, 3.05) is 25.1 Å². The van der Waals surface area contributed by atoms with Gasteiger partial charge in [-0.2, -0.15) is 5.10 Å². The van der Waals surface area contributed by atoms with Gasteiger partial charge in [-0.25, -0.2) is 4.68 Å². The summed E-state index contributed by atoms with van der Waals surface area (Å²) in [4.78, 5) is 12.1. The third kappa shape index (κ3) is 3.81. The molecule has 112 valence electrons. The number of rotatable bonds is 3. The maximum absolute atomic E-state index is 12.1. The number of amides is 1. The number of carbonyl (C=O) groups excluding carboxylic acids is 1. The molecule has 1 saturated heterocycles. The zero-order valence-electron chi connectivity index (χ0n) is 11.4. The number of nitrogens with one attached hydrogen (secondary N) is 2. The van der Waals surface area contributed by atoms with Crippen LogP contribution in [0, 0.1) is 0 Å². The van der Waals surface area contributed by atoms with Gasteiger partial charge in [0, 0.05) is 24.6 Å². The quantitative estimate of drug-likeness (QED) is 0.894. The van der Waals surface area contributed by atoms with Gasteiger partial charge in [0.2, 0.25) is 5.91 Å². The second-order valence-electron chi connectivity index (χ2n) is 4.57. The van der Waals surface area contributed by atoms with E-state index in [2.05, 4.69) is 15.7 Å². The molecule has 0 bridgehead atoms. The molecule has 2 heterocycles. The number of morpholine rings is 1. The Bertz CT molecular complexity index is 582. The van der Waals surface area contributed by atoms with E-state index in [1.165, 1.54) is 0 Å². The van der Waals surface area contributed by atoms with Crippen LogP contribution in [-0.2, 0) is 9.53 Å². The summed E-state index contributed by atoms with van der Waals surface area (Å²) < 4.78 is 7.03. The van der Waals surface area contributed by atoms with Crippen molar-refractivity contribution in [3.05, 3.63) is 42.7 Å². The van der Waals surface area contributed by atoms with Crippen LogP contribution in [0.3, 0.4) is 0 Å². The first-order valence-corrected chi connectivity index (χ1v) is 6.55. The van der Waals surface area contributed by atoms with Gasteiger partial charge in [0.05, 0.1) is 18.9 Å². The number of ether oxygens (including phenoxy) is 1. The zero-order valence-corrected chi connectivity index (χ0v) is 12.2. The standard InChI is InChI=1S/C14H16N4O2.ClH/c19-14(13-10-20-8-6-15-13)17-11-3-1-4-12(9-11)18-7-2-5-16-18;/h1-5,7,9,13,15H,6,8,10H2,(H,17,19);1H. The van der Waals surface area contributed by atoms with Crippen LogP contribution in [0.5, 0.6) is 0 Å². The number of halogens is 1. The highest BCUT2D eigenvalue weighted by molar-refractivity contribution is 5.95. The molecule has 0 spiro atoms. The van der Waals surface area contributed by atoms with Crippen molar-refractivity contribution >= 4 is 24.0 Å². The van der Waals surface area contributed by atoms with Crippen LogP contribution in [0.25, 0.3) is 5.69 Å². The first kappa shape index (κ1) is 15.5. The zero-order chi connectivity index (χ0) is 13.8. The van der Waals surface area contributed by atoms with E-state index < -0.39 is 0 Å². The van der Waals surface area contributed by atoms with Gasteiger partial charge >= 0.3 is 0 Å². The van der Waals surface area contributed by atoms with E-state index in [0.29, 0.717) is 19.8 Å². The summed E-state index contributed by atoms with van der Waals surface area (Å²) in [5.74, 6) is -0.0812. The minimum atomic E-state index is -0.294. The van der Waals surface area contributed by atoms with Crippen molar-refractivity contribution in [1.29, 1.82) is 0 Å². The van der Waals surface area contributed by atoms with Crippen LogP contribution in [0.4, 0.5) is 5.69 Å². The molecule has 1 atom stereocenters. The molecular formula is C14H17ClN4O2. The minimum absolute atomic E-state index is 0. The molecular weight excluding hydrogens is 292 g/mol. The van der Waals surface area contributed by atoms with Gasteiger partial charge in [0.25, 0.3) is 0 Å². The fourth-order valence-electron chi connectivity index (χ4n) is 2.11. The fraction of sp³-hybridized carbons (Fsp3) is 0.286. The Morgan fingerprint density at radius 2 is 2.33 bits per heavy atom. The van der Waals surface area contributed by atoms with E-state index in [1.807, 2.05) is 36.5 Å². The molecule has 0 radical (unpaired) electrons. The van der Waals surface area contributed by atoms with Crippen LogP contribution in [0.15, 0.2) is 42.7 Å². The molecule has 2 aromatic rings. The van der Waals surface area contributed by atoms with Gasteiger partial charge in [-0.05, 0) is 24.3 Å². The lowest BCUT2D eigenvalue weighted by Gasteiger charge is -2.22. The summed E-state index contributed by atoms with van der Waals surface area (Å²) in [6.07, 6.45) is 3.58. The molecule has 1 unspecified atom stereocenters. The predicted octanol–water partition coefficient (Wildman–Crippen LogP) is 1.22. The van der Waals surface area contributed by atoms with Crippen molar-refractivity contribution in [2.24, 2.45) is 0 Å². The van der Waals surface area contributed by atoms with Crippen molar-refractivity contribution in [3.8, 4) is 5.69 Å². The largest absolute Gasteiger partial charge is 0.378 e. The Balaban J connectivity index is 0.00000161. The second kappa shape index (κ2) is 7.21. The van der Waals surface area contributed by atoms with E-state index >= 15 is 0 Å². The summed E-state index contributed by atoms with van der Waals surface area (Å²) in [7, 11) is 0. The molecule has 0 aliphatic carbocycles. The number of hydrogen-bond acceptors (Lipinski definition) is 4. The Morgan fingerprint density at radius 1 is 1.43 bits per heavy atom. The number of aromatic nitrogens is 2. The minimum Gasteiger partial charge on any atom is -0.378 e. The maximum atomic E-state index is 12.1. The lowest BCUT2D eigenvalue weighted by molar-refractivity contribution is -0.120. The molecule has 1 aliphatic rings. The van der Waals surface area contributed by atoms with E-state index in [1.54, 1.807) is 10.9 Å². The lowest BCUT2D eigenvalue weighted by atomic mass is 10.2. The predicted molar refractivity (Wildman–Crippen MR) is 82.1 cm³/mol. The molecule has 1 aromatic carbocycles. The number of nitrogens with zero attached hydrogens (tertiary/aromatic N) is 2. The van der Waals surface area contributed by atoms with Crippen LogP contribution in [0.1, 0.15) is 0 Å². The number of benzene rings is 1. The van der Waals surface area contributed by atoms with Crippen molar-refractivity contribution in [3.63, 3.8) is 0 Å². The Labute approximate surface area is 128 Å². The van der Waals surface area contributed by atoms with Gasteiger partial charge in [-0.15, -0.1) is 12.4 Å². The number of carbonyl (C=O) groups is 1. The van der Waals surface area contributed by atoms with Crippen LogP contribution in [0.2, 0.25) is 0 Å². The lowest BCUT2D eigenvalue weighted by Crippen LogP contribution is -2.48. The highest BCUT2D eigenvalue weighted by Crippen LogP contribution is 2.14. The van der Waals surface area contributed by atoms with Crippen LogP contribution >= 0.6 is 12.4 Å². The van der Waals surface area contributed by atoms with Gasteiger partial charge in [0.15, 0.2) is 0 Å². The fourth-order valence-corrected chi connectivity index (χ4v) is 2.11. The molecule has 1 amide bonds. The summed E-state index contributed by atoms with van der Waals surface area (Å²) in [6, 6.07) is 9.12. The normalized spacial score (nSPS) is 17.8. The Kier molecular flexibility index (Phi) is 5.32. The molecule has 1 aromatic heterocycles. The first-order chi connectivity index (χ1) is 9.83. The maximum Gasteiger partial charge on any atom is 0.243 e. The molecule has 1 fully saturated rings. The summed E-state index contributed by atoms with van der Waals surface area (Å²) in [5.41, 5.74) is 1.65. The van der Waals surface area contributed by atoms with Crippen LogP contribution in [-0.4, -0.2) is 41.5 Å². The van der Waals surface area contributed by atoms with Crippen LogP contribution < -0.4 is 10.6 Å². The third-order valence-electron chi connectivity index (χ3n) is 3.12. The van der Waals surface area contributed by atoms with E-state index in [9.17, 15) is 4.79 Å². The molecule has 21 heavy (non-hydrogen) atoms. The van der Waals surface area contributed by atoms with Crippen molar-refractivity contribution in [2.45, 2.75) is 6.04 Å². The van der Waals surface area contributed by atoms with E-state index in [0.717, 1.165) is 11.4 Å². The SMILES string of the molecule is Cl.O=C(Nc1cccc(-n2cccn2)c1)C1COCCN1. The van der Waals surface area contributed by atoms with Gasteiger partial charge < -0.3 is 15.4 Å². The molecule has 3 rings (SSSR count). The second-order valence-corrected chi connectivity index (χ2v) is 4.57.